The maximum atomic E-state index is 12.2. The van der Waals surface area contributed by atoms with Crippen LogP contribution in [0.1, 0.15) is 31.4 Å². The van der Waals surface area contributed by atoms with Gasteiger partial charge in [-0.15, -0.1) is 0 Å². The number of nitrogens with one attached hydrogen (secondary N) is 1. The van der Waals surface area contributed by atoms with E-state index in [0.29, 0.717) is 6.04 Å². The molecule has 0 aromatic heterocycles. The second-order valence-electron chi connectivity index (χ2n) is 3.90. The van der Waals surface area contributed by atoms with Gasteiger partial charge in [0.05, 0.1) is 0 Å². The zero-order valence-electron chi connectivity index (χ0n) is 9.13. The Balaban J connectivity index is 2.43. The van der Waals surface area contributed by atoms with Crippen molar-refractivity contribution in [2.75, 3.05) is 6.54 Å². The summed E-state index contributed by atoms with van der Waals surface area (Å²) in [6.45, 7) is 5.05. The standard InChI is InChI=1S/C12H17F2N/c1-9(2)15-8-7-10-3-5-11(6-4-10)12(13)14/h3-6,9,12,15H,7-8H2,1-2H3. The molecule has 0 radical (unpaired) electrons. The summed E-state index contributed by atoms with van der Waals surface area (Å²) in [5.41, 5.74) is 1.18. The summed E-state index contributed by atoms with van der Waals surface area (Å²) in [5, 5.41) is 3.28. The smallest absolute Gasteiger partial charge is 0.263 e. The third kappa shape index (κ3) is 4.38. The zero-order valence-corrected chi connectivity index (χ0v) is 9.13. The summed E-state index contributed by atoms with van der Waals surface area (Å²) in [4.78, 5) is 0. The van der Waals surface area contributed by atoms with Gasteiger partial charge in [-0.25, -0.2) is 8.78 Å². The van der Waals surface area contributed by atoms with Gasteiger partial charge >= 0.3 is 0 Å². The number of benzene rings is 1. The third-order valence-corrected chi connectivity index (χ3v) is 2.20. The van der Waals surface area contributed by atoms with Crippen LogP contribution in [-0.2, 0) is 6.42 Å². The lowest BCUT2D eigenvalue weighted by Crippen LogP contribution is -2.24. The Kier molecular flexibility index (Phi) is 4.69. The first kappa shape index (κ1) is 12.1. The van der Waals surface area contributed by atoms with Crippen LogP contribution in [0.25, 0.3) is 0 Å². The number of alkyl halides is 2. The van der Waals surface area contributed by atoms with Gasteiger partial charge in [-0.05, 0) is 18.5 Å². The average Bonchev–Trinajstić information content (AvgIpc) is 2.18. The maximum absolute atomic E-state index is 12.2. The predicted octanol–water partition coefficient (Wildman–Crippen LogP) is 3.16. The van der Waals surface area contributed by atoms with Gasteiger partial charge in [0.25, 0.3) is 6.43 Å². The predicted molar refractivity (Wildman–Crippen MR) is 58.2 cm³/mol. The summed E-state index contributed by atoms with van der Waals surface area (Å²) in [6.07, 6.45) is -1.49. The largest absolute Gasteiger partial charge is 0.314 e. The highest BCUT2D eigenvalue weighted by Crippen LogP contribution is 2.18. The molecule has 1 nitrogen and oxygen atoms in total. The molecule has 0 spiro atoms. The van der Waals surface area contributed by atoms with E-state index >= 15 is 0 Å². The number of hydrogen-bond donors (Lipinski definition) is 1. The van der Waals surface area contributed by atoms with Gasteiger partial charge in [0.15, 0.2) is 0 Å². The average molecular weight is 213 g/mol. The third-order valence-electron chi connectivity index (χ3n) is 2.20. The summed E-state index contributed by atoms with van der Waals surface area (Å²) in [7, 11) is 0. The number of rotatable bonds is 5. The van der Waals surface area contributed by atoms with E-state index in [1.807, 2.05) is 0 Å². The Labute approximate surface area is 89.5 Å². The van der Waals surface area contributed by atoms with E-state index in [1.165, 1.54) is 12.1 Å². The van der Waals surface area contributed by atoms with Crippen molar-refractivity contribution in [2.24, 2.45) is 0 Å². The van der Waals surface area contributed by atoms with E-state index in [0.717, 1.165) is 18.5 Å². The molecule has 0 saturated carbocycles. The molecule has 0 bridgehead atoms. The monoisotopic (exact) mass is 213 g/mol. The molecule has 0 saturated heterocycles. The van der Waals surface area contributed by atoms with E-state index in [9.17, 15) is 8.78 Å². The molecular formula is C12H17F2N. The zero-order chi connectivity index (χ0) is 11.3. The molecule has 0 atom stereocenters. The molecule has 1 N–H and O–H groups in total. The van der Waals surface area contributed by atoms with Gasteiger partial charge in [0.1, 0.15) is 0 Å². The fraction of sp³-hybridized carbons (Fsp3) is 0.500. The van der Waals surface area contributed by atoms with Crippen molar-refractivity contribution in [1.29, 1.82) is 0 Å². The van der Waals surface area contributed by atoms with Crippen molar-refractivity contribution in [2.45, 2.75) is 32.7 Å². The Morgan fingerprint density at radius 2 is 1.73 bits per heavy atom. The van der Waals surface area contributed by atoms with Gasteiger partial charge in [-0.1, -0.05) is 38.1 Å². The van der Waals surface area contributed by atoms with Crippen LogP contribution in [0.5, 0.6) is 0 Å². The van der Waals surface area contributed by atoms with Crippen molar-refractivity contribution < 1.29 is 8.78 Å². The molecule has 84 valence electrons. The molecule has 1 rings (SSSR count). The Hall–Kier alpha value is -0.960. The quantitative estimate of drug-likeness (QED) is 0.792. The lowest BCUT2D eigenvalue weighted by atomic mass is 10.1. The number of halogens is 2. The van der Waals surface area contributed by atoms with E-state index < -0.39 is 6.43 Å². The van der Waals surface area contributed by atoms with E-state index in [-0.39, 0.29) is 5.56 Å². The molecule has 0 aliphatic carbocycles. The van der Waals surface area contributed by atoms with Crippen LogP contribution in [0.4, 0.5) is 8.78 Å². The van der Waals surface area contributed by atoms with Gasteiger partial charge in [0.2, 0.25) is 0 Å². The molecule has 0 aliphatic rings. The highest BCUT2D eigenvalue weighted by atomic mass is 19.3. The first-order valence-electron chi connectivity index (χ1n) is 5.20. The highest BCUT2D eigenvalue weighted by molar-refractivity contribution is 5.23. The summed E-state index contributed by atoms with van der Waals surface area (Å²) in [6, 6.07) is 6.99. The van der Waals surface area contributed by atoms with Crippen molar-refractivity contribution in [3.05, 3.63) is 35.4 Å². The van der Waals surface area contributed by atoms with Crippen LogP contribution in [0.15, 0.2) is 24.3 Å². The van der Waals surface area contributed by atoms with Crippen molar-refractivity contribution in [3.8, 4) is 0 Å². The first-order chi connectivity index (χ1) is 7.09. The van der Waals surface area contributed by atoms with Crippen LogP contribution >= 0.6 is 0 Å². The van der Waals surface area contributed by atoms with Crippen molar-refractivity contribution >= 4 is 0 Å². The van der Waals surface area contributed by atoms with Gasteiger partial charge < -0.3 is 5.32 Å². The SMILES string of the molecule is CC(C)NCCc1ccc(C(F)F)cc1. The van der Waals surface area contributed by atoms with Crippen LogP contribution in [0.2, 0.25) is 0 Å². The Morgan fingerprint density at radius 1 is 1.13 bits per heavy atom. The fourth-order valence-corrected chi connectivity index (χ4v) is 1.33. The van der Waals surface area contributed by atoms with Crippen molar-refractivity contribution in [3.63, 3.8) is 0 Å². The molecule has 0 heterocycles. The minimum Gasteiger partial charge on any atom is -0.314 e. The van der Waals surface area contributed by atoms with Gasteiger partial charge in [0, 0.05) is 11.6 Å². The summed E-state index contributed by atoms with van der Waals surface area (Å²) in [5.74, 6) is 0. The van der Waals surface area contributed by atoms with E-state index in [4.69, 9.17) is 0 Å². The molecule has 1 aromatic carbocycles. The Morgan fingerprint density at radius 3 is 2.20 bits per heavy atom. The van der Waals surface area contributed by atoms with E-state index in [1.54, 1.807) is 12.1 Å². The fourth-order valence-electron chi connectivity index (χ4n) is 1.33. The highest BCUT2D eigenvalue weighted by Gasteiger charge is 2.05. The van der Waals surface area contributed by atoms with Crippen molar-refractivity contribution in [1.82, 2.24) is 5.32 Å². The van der Waals surface area contributed by atoms with Crippen LogP contribution in [0, 0.1) is 0 Å². The Bertz CT molecular complexity index is 280. The topological polar surface area (TPSA) is 12.0 Å². The molecule has 15 heavy (non-hydrogen) atoms. The molecule has 0 aliphatic heterocycles. The minimum atomic E-state index is -2.37. The lowest BCUT2D eigenvalue weighted by Gasteiger charge is -2.08. The molecule has 0 amide bonds. The lowest BCUT2D eigenvalue weighted by molar-refractivity contribution is 0.151. The van der Waals surface area contributed by atoms with Gasteiger partial charge in [-0.3, -0.25) is 0 Å². The van der Waals surface area contributed by atoms with Crippen LogP contribution < -0.4 is 5.32 Å². The molecule has 0 unspecified atom stereocenters. The summed E-state index contributed by atoms with van der Waals surface area (Å²) >= 11 is 0. The second kappa shape index (κ2) is 5.81. The summed E-state index contributed by atoms with van der Waals surface area (Å²) < 4.78 is 24.5. The van der Waals surface area contributed by atoms with Crippen LogP contribution in [0.3, 0.4) is 0 Å². The number of hydrogen-bond acceptors (Lipinski definition) is 1. The molecular weight excluding hydrogens is 196 g/mol. The molecule has 0 fully saturated rings. The first-order valence-corrected chi connectivity index (χ1v) is 5.20. The van der Waals surface area contributed by atoms with Gasteiger partial charge in [-0.2, -0.15) is 0 Å². The maximum Gasteiger partial charge on any atom is 0.263 e. The normalized spacial score (nSPS) is 11.3. The molecule has 1 aromatic rings. The minimum absolute atomic E-state index is 0.0931. The van der Waals surface area contributed by atoms with Crippen LogP contribution in [-0.4, -0.2) is 12.6 Å². The van der Waals surface area contributed by atoms with E-state index in [2.05, 4.69) is 19.2 Å². The molecule has 3 heteroatoms. The second-order valence-corrected chi connectivity index (χ2v) is 3.90.